The molecule has 0 bridgehead atoms. The van der Waals surface area contributed by atoms with Gasteiger partial charge < -0.3 is 9.38 Å². The monoisotopic (exact) mass is 482 g/mol. The number of nitrogens with one attached hydrogen (secondary N) is 1. The number of fused-ring (bicyclic) bond motifs is 10. The average molecular weight is 483 g/mol. The lowest BCUT2D eigenvalue weighted by atomic mass is 9.99. The normalized spacial score (nSPS) is 12.2. The van der Waals surface area contributed by atoms with Gasteiger partial charge in [-0.3, -0.25) is 0 Å². The molecule has 6 aromatic carbocycles. The lowest BCUT2D eigenvalue weighted by Crippen LogP contribution is -1.82. The lowest BCUT2D eigenvalue weighted by molar-refractivity contribution is 1.37. The molecule has 2 heteroatoms. The van der Waals surface area contributed by atoms with Gasteiger partial charge in [0.05, 0.1) is 16.6 Å². The van der Waals surface area contributed by atoms with Crippen molar-refractivity contribution in [3.8, 4) is 22.3 Å². The number of aromatic nitrogens is 2. The quantitative estimate of drug-likeness (QED) is 0.253. The molecule has 38 heavy (non-hydrogen) atoms. The summed E-state index contributed by atoms with van der Waals surface area (Å²) in [6.07, 6.45) is 0. The van der Waals surface area contributed by atoms with E-state index in [0.717, 1.165) is 0 Å². The van der Waals surface area contributed by atoms with Gasteiger partial charge in [-0.05, 0) is 52.6 Å². The Bertz CT molecular complexity index is 2320. The van der Waals surface area contributed by atoms with Gasteiger partial charge in [-0.1, -0.05) is 97.1 Å². The highest BCUT2D eigenvalue weighted by molar-refractivity contribution is 6.35. The third-order valence-corrected chi connectivity index (χ3v) is 8.24. The van der Waals surface area contributed by atoms with E-state index in [0.29, 0.717) is 0 Å². The summed E-state index contributed by atoms with van der Waals surface area (Å²) in [7, 11) is 0. The standard InChI is InChI=1S/C36H22N2/c1-3-9-22(10-4-1)24-16-18-30-29(19-24)34-31(37-30)21-28-26-17-15-25(23-11-5-2-6-12-23)20-33(26)38-32-14-8-7-13-27(32)35(34)36(28)38/h1-21,37H. The van der Waals surface area contributed by atoms with Crippen LogP contribution in [0.4, 0.5) is 0 Å². The second kappa shape index (κ2) is 7.24. The smallest absolute Gasteiger partial charge is 0.0628 e. The third-order valence-electron chi connectivity index (χ3n) is 8.24. The van der Waals surface area contributed by atoms with Crippen LogP contribution in [-0.2, 0) is 0 Å². The van der Waals surface area contributed by atoms with E-state index in [1.54, 1.807) is 0 Å². The van der Waals surface area contributed by atoms with E-state index in [-0.39, 0.29) is 0 Å². The predicted molar refractivity (Wildman–Crippen MR) is 161 cm³/mol. The molecule has 0 saturated heterocycles. The number of H-pyrrole nitrogens is 1. The van der Waals surface area contributed by atoms with Crippen molar-refractivity contribution in [1.82, 2.24) is 9.38 Å². The molecule has 3 aromatic heterocycles. The maximum absolute atomic E-state index is 3.76. The molecule has 176 valence electrons. The molecule has 0 fully saturated rings. The van der Waals surface area contributed by atoms with Gasteiger partial charge in [0, 0.05) is 43.4 Å². The van der Waals surface area contributed by atoms with Gasteiger partial charge in [0.2, 0.25) is 0 Å². The molecule has 0 aliphatic rings. The molecule has 1 N–H and O–H groups in total. The van der Waals surface area contributed by atoms with Crippen molar-refractivity contribution in [1.29, 1.82) is 0 Å². The minimum Gasteiger partial charge on any atom is -0.354 e. The van der Waals surface area contributed by atoms with Crippen LogP contribution in [0, 0.1) is 0 Å². The van der Waals surface area contributed by atoms with Gasteiger partial charge in [-0.15, -0.1) is 0 Å². The SMILES string of the molecule is c1ccc(-c2ccc3[nH]c4cc5c6ccc(-c7ccccc7)cc6n6c7ccccc7c(c4c3c2)c56)cc1. The van der Waals surface area contributed by atoms with Crippen LogP contribution in [0.5, 0.6) is 0 Å². The molecule has 9 rings (SSSR count). The fourth-order valence-electron chi connectivity index (χ4n) is 6.57. The van der Waals surface area contributed by atoms with Gasteiger partial charge in [0.15, 0.2) is 0 Å². The molecule has 0 radical (unpaired) electrons. The zero-order valence-electron chi connectivity index (χ0n) is 20.6. The maximum atomic E-state index is 3.76. The fraction of sp³-hybridized carbons (Fsp3) is 0. The summed E-state index contributed by atoms with van der Waals surface area (Å²) in [6, 6.07) is 46.3. The number of hydrogen-bond donors (Lipinski definition) is 1. The van der Waals surface area contributed by atoms with Crippen LogP contribution in [0.25, 0.3) is 82.2 Å². The number of rotatable bonds is 2. The fourth-order valence-corrected chi connectivity index (χ4v) is 6.57. The van der Waals surface area contributed by atoms with Crippen LogP contribution in [0.15, 0.2) is 127 Å². The number of hydrogen-bond acceptors (Lipinski definition) is 0. The van der Waals surface area contributed by atoms with Crippen molar-refractivity contribution in [2.75, 3.05) is 0 Å². The zero-order valence-corrected chi connectivity index (χ0v) is 20.6. The molecule has 9 aromatic rings. The maximum Gasteiger partial charge on any atom is 0.0628 e. The van der Waals surface area contributed by atoms with Crippen LogP contribution in [0.1, 0.15) is 0 Å². The molecule has 0 saturated carbocycles. The van der Waals surface area contributed by atoms with Crippen LogP contribution in [0.2, 0.25) is 0 Å². The van der Waals surface area contributed by atoms with Gasteiger partial charge in [-0.25, -0.2) is 0 Å². The van der Waals surface area contributed by atoms with Gasteiger partial charge in [0.1, 0.15) is 0 Å². The van der Waals surface area contributed by atoms with E-state index in [4.69, 9.17) is 0 Å². The number of para-hydroxylation sites is 1. The van der Waals surface area contributed by atoms with Crippen molar-refractivity contribution in [2.45, 2.75) is 0 Å². The second-order valence-corrected chi connectivity index (χ2v) is 10.3. The molecule has 0 spiro atoms. The largest absolute Gasteiger partial charge is 0.354 e. The molecule has 2 nitrogen and oxygen atoms in total. The summed E-state index contributed by atoms with van der Waals surface area (Å²) in [6.45, 7) is 0. The highest BCUT2D eigenvalue weighted by atomic mass is 14.9. The molecule has 0 atom stereocenters. The lowest BCUT2D eigenvalue weighted by Gasteiger charge is -2.04. The summed E-state index contributed by atoms with van der Waals surface area (Å²) in [4.78, 5) is 3.76. The van der Waals surface area contributed by atoms with E-state index < -0.39 is 0 Å². The van der Waals surface area contributed by atoms with Crippen LogP contribution >= 0.6 is 0 Å². The Balaban J connectivity index is 1.46. The first-order chi connectivity index (χ1) is 18.8. The molecule has 0 unspecified atom stereocenters. The number of benzene rings is 6. The Labute approximate surface area is 218 Å². The summed E-state index contributed by atoms with van der Waals surface area (Å²) >= 11 is 0. The van der Waals surface area contributed by atoms with E-state index in [9.17, 15) is 0 Å². The molecule has 0 aliphatic heterocycles. The molecular weight excluding hydrogens is 460 g/mol. The van der Waals surface area contributed by atoms with Crippen LogP contribution in [0.3, 0.4) is 0 Å². The molecule has 0 amide bonds. The van der Waals surface area contributed by atoms with E-state index in [1.807, 2.05) is 0 Å². The van der Waals surface area contributed by atoms with Crippen molar-refractivity contribution in [3.05, 3.63) is 127 Å². The first kappa shape index (κ1) is 20.0. The predicted octanol–water partition coefficient (Wildman–Crippen LogP) is 9.81. The minimum absolute atomic E-state index is 1.18. The van der Waals surface area contributed by atoms with Gasteiger partial charge >= 0.3 is 0 Å². The molecular formula is C36H22N2. The average Bonchev–Trinajstić information content (AvgIpc) is 3.63. The Morgan fingerprint density at radius 1 is 0.395 bits per heavy atom. The Hall–Kier alpha value is -5.08. The van der Waals surface area contributed by atoms with Gasteiger partial charge in [-0.2, -0.15) is 0 Å². The van der Waals surface area contributed by atoms with Crippen molar-refractivity contribution in [2.24, 2.45) is 0 Å². The van der Waals surface area contributed by atoms with E-state index >= 15 is 0 Å². The van der Waals surface area contributed by atoms with Gasteiger partial charge in [0.25, 0.3) is 0 Å². The summed E-state index contributed by atoms with van der Waals surface area (Å²) in [5.41, 5.74) is 11.2. The van der Waals surface area contributed by atoms with Crippen molar-refractivity contribution < 1.29 is 0 Å². The topological polar surface area (TPSA) is 20.2 Å². The Morgan fingerprint density at radius 2 is 1.08 bits per heavy atom. The van der Waals surface area contributed by atoms with E-state index in [1.165, 1.54) is 82.2 Å². The number of aromatic amines is 1. The molecule has 3 heterocycles. The summed E-state index contributed by atoms with van der Waals surface area (Å²) < 4.78 is 2.49. The minimum atomic E-state index is 1.18. The third kappa shape index (κ3) is 2.56. The van der Waals surface area contributed by atoms with Crippen molar-refractivity contribution in [3.63, 3.8) is 0 Å². The Morgan fingerprint density at radius 3 is 1.87 bits per heavy atom. The summed E-state index contributed by atoms with van der Waals surface area (Å²) in [5.74, 6) is 0. The number of nitrogens with zero attached hydrogens (tertiary/aromatic N) is 1. The Kier molecular flexibility index (Phi) is 3.82. The van der Waals surface area contributed by atoms with Crippen molar-refractivity contribution >= 4 is 59.9 Å². The van der Waals surface area contributed by atoms with Crippen LogP contribution < -0.4 is 0 Å². The van der Waals surface area contributed by atoms with Crippen LogP contribution in [-0.4, -0.2) is 9.38 Å². The molecule has 0 aliphatic carbocycles. The second-order valence-electron chi connectivity index (χ2n) is 10.3. The first-order valence-corrected chi connectivity index (χ1v) is 13.1. The zero-order chi connectivity index (χ0) is 24.8. The highest BCUT2D eigenvalue weighted by Gasteiger charge is 2.22. The first-order valence-electron chi connectivity index (χ1n) is 13.1. The van der Waals surface area contributed by atoms with E-state index in [2.05, 4.69) is 137 Å². The summed E-state index contributed by atoms with van der Waals surface area (Å²) in [5, 5.41) is 7.81. The highest BCUT2D eigenvalue weighted by Crippen LogP contribution is 2.45.